The molecule has 158 valence electrons. The van der Waals surface area contributed by atoms with Crippen molar-refractivity contribution in [3.8, 4) is 11.4 Å². The molecule has 4 rings (SSSR count). The minimum atomic E-state index is -0.131. The third kappa shape index (κ3) is 4.78. The summed E-state index contributed by atoms with van der Waals surface area (Å²) in [5.41, 5.74) is 2.92. The number of carbonyl (C=O) groups is 1. The van der Waals surface area contributed by atoms with E-state index in [-0.39, 0.29) is 11.7 Å². The number of thiazole rings is 1. The number of hydrogen-bond donors (Lipinski definition) is 1. The van der Waals surface area contributed by atoms with E-state index in [1.54, 1.807) is 6.08 Å². The summed E-state index contributed by atoms with van der Waals surface area (Å²) < 4.78 is 3.01. The maximum absolute atomic E-state index is 12.5. The van der Waals surface area contributed by atoms with Crippen molar-refractivity contribution in [2.24, 2.45) is 0 Å². The first kappa shape index (κ1) is 21.1. The highest BCUT2D eigenvalue weighted by Crippen LogP contribution is 2.28. The highest BCUT2D eigenvalue weighted by molar-refractivity contribution is 7.99. The molecular weight excluding hydrogens is 428 g/mol. The average molecular weight is 451 g/mol. The van der Waals surface area contributed by atoms with Crippen LogP contribution in [0.5, 0.6) is 0 Å². The van der Waals surface area contributed by atoms with Gasteiger partial charge in [0.2, 0.25) is 5.91 Å². The van der Waals surface area contributed by atoms with E-state index in [1.807, 2.05) is 66.0 Å². The Hall–Kier alpha value is -3.17. The Morgan fingerprint density at radius 2 is 2.06 bits per heavy atom. The Morgan fingerprint density at radius 3 is 2.84 bits per heavy atom. The van der Waals surface area contributed by atoms with Gasteiger partial charge < -0.3 is 10.2 Å². The summed E-state index contributed by atoms with van der Waals surface area (Å²) >= 11 is 2.80. The standard InChI is InChI=1S/C22H22N6OS2/c1-4-12-28-20(15-8-7-9-16(13-15)27(2)3)25-26-22(28)30-14-19(29)24-21-23-17-10-5-6-11-18(17)31-21/h4-11,13H,1,12,14H2,2-3H3,(H,23,24,29). The van der Waals surface area contributed by atoms with Gasteiger partial charge in [-0.1, -0.05) is 53.4 Å². The van der Waals surface area contributed by atoms with Gasteiger partial charge >= 0.3 is 0 Å². The van der Waals surface area contributed by atoms with Crippen LogP contribution in [0, 0.1) is 0 Å². The second-order valence-electron chi connectivity index (χ2n) is 6.97. The van der Waals surface area contributed by atoms with Crippen molar-refractivity contribution in [3.05, 3.63) is 61.2 Å². The van der Waals surface area contributed by atoms with Gasteiger partial charge in [-0.15, -0.1) is 16.8 Å². The molecular formula is C22H22N6OS2. The molecule has 2 aromatic heterocycles. The van der Waals surface area contributed by atoms with Crippen LogP contribution >= 0.6 is 23.1 Å². The van der Waals surface area contributed by atoms with E-state index in [0.29, 0.717) is 16.8 Å². The van der Waals surface area contributed by atoms with E-state index in [9.17, 15) is 4.79 Å². The number of nitrogens with one attached hydrogen (secondary N) is 1. The summed E-state index contributed by atoms with van der Waals surface area (Å²) in [6.07, 6.45) is 1.80. The maximum Gasteiger partial charge on any atom is 0.236 e. The second-order valence-corrected chi connectivity index (χ2v) is 8.95. The van der Waals surface area contributed by atoms with E-state index < -0.39 is 0 Å². The summed E-state index contributed by atoms with van der Waals surface area (Å²) in [4.78, 5) is 19.0. The third-order valence-electron chi connectivity index (χ3n) is 4.52. The first-order valence-corrected chi connectivity index (χ1v) is 11.5. The first-order chi connectivity index (χ1) is 15.0. The van der Waals surface area contributed by atoms with Gasteiger partial charge in [0.1, 0.15) is 0 Å². The van der Waals surface area contributed by atoms with Crippen molar-refractivity contribution in [2.75, 3.05) is 30.1 Å². The van der Waals surface area contributed by atoms with Gasteiger partial charge in [-0.25, -0.2) is 4.98 Å². The molecule has 0 aliphatic heterocycles. The van der Waals surface area contributed by atoms with Crippen LogP contribution in [0.4, 0.5) is 10.8 Å². The van der Waals surface area contributed by atoms with E-state index in [2.05, 4.69) is 33.1 Å². The molecule has 1 N–H and O–H groups in total. The normalized spacial score (nSPS) is 10.9. The van der Waals surface area contributed by atoms with Crippen LogP contribution in [0.1, 0.15) is 0 Å². The fraction of sp³-hybridized carbons (Fsp3) is 0.182. The Kier molecular flexibility index (Phi) is 6.34. The lowest BCUT2D eigenvalue weighted by molar-refractivity contribution is -0.113. The van der Waals surface area contributed by atoms with Gasteiger partial charge in [0.15, 0.2) is 16.1 Å². The number of benzene rings is 2. The number of aromatic nitrogens is 4. The monoisotopic (exact) mass is 450 g/mol. The molecule has 0 aliphatic carbocycles. The Balaban J connectivity index is 1.48. The number of hydrogen-bond acceptors (Lipinski definition) is 7. The smallest absolute Gasteiger partial charge is 0.236 e. The van der Waals surface area contributed by atoms with E-state index in [0.717, 1.165) is 27.3 Å². The molecule has 1 amide bonds. The molecule has 0 radical (unpaired) electrons. The fourth-order valence-corrected chi connectivity index (χ4v) is 4.67. The molecule has 0 saturated carbocycles. The van der Waals surface area contributed by atoms with Gasteiger partial charge in [-0.2, -0.15) is 0 Å². The van der Waals surface area contributed by atoms with Crippen LogP contribution in [0.15, 0.2) is 66.3 Å². The zero-order valence-electron chi connectivity index (χ0n) is 17.3. The number of anilines is 2. The van der Waals surface area contributed by atoms with Gasteiger partial charge in [0, 0.05) is 31.9 Å². The molecule has 0 unspecified atom stereocenters. The lowest BCUT2D eigenvalue weighted by atomic mass is 10.2. The molecule has 0 saturated heterocycles. The lowest BCUT2D eigenvalue weighted by Gasteiger charge is -2.14. The largest absolute Gasteiger partial charge is 0.378 e. The first-order valence-electron chi connectivity index (χ1n) is 9.65. The van der Waals surface area contributed by atoms with Gasteiger partial charge in [-0.05, 0) is 24.3 Å². The Bertz CT molecular complexity index is 1200. The van der Waals surface area contributed by atoms with E-state index >= 15 is 0 Å². The molecule has 9 heteroatoms. The minimum absolute atomic E-state index is 0.131. The van der Waals surface area contributed by atoms with Crippen molar-refractivity contribution < 1.29 is 4.79 Å². The summed E-state index contributed by atoms with van der Waals surface area (Å²) in [5, 5.41) is 12.8. The topological polar surface area (TPSA) is 75.9 Å². The zero-order chi connectivity index (χ0) is 21.8. The van der Waals surface area contributed by atoms with Crippen LogP contribution in [0.2, 0.25) is 0 Å². The maximum atomic E-state index is 12.5. The van der Waals surface area contributed by atoms with Gasteiger partial charge in [0.25, 0.3) is 0 Å². The fourth-order valence-electron chi connectivity index (χ4n) is 3.04. The number of fused-ring (bicyclic) bond motifs is 1. The number of nitrogens with zero attached hydrogens (tertiary/aromatic N) is 5. The highest BCUT2D eigenvalue weighted by Gasteiger charge is 2.16. The van der Waals surface area contributed by atoms with Gasteiger partial charge in [0.05, 0.1) is 16.0 Å². The Morgan fingerprint density at radius 1 is 1.23 bits per heavy atom. The third-order valence-corrected chi connectivity index (χ3v) is 6.44. The quantitative estimate of drug-likeness (QED) is 0.314. The van der Waals surface area contributed by atoms with Crippen LogP contribution in [0.25, 0.3) is 21.6 Å². The van der Waals surface area contributed by atoms with E-state index in [4.69, 9.17) is 0 Å². The molecule has 0 spiro atoms. The van der Waals surface area contributed by atoms with Crippen LogP contribution < -0.4 is 10.2 Å². The summed E-state index contributed by atoms with van der Waals surface area (Å²) in [6, 6.07) is 15.9. The van der Waals surface area contributed by atoms with Crippen molar-refractivity contribution in [2.45, 2.75) is 11.7 Å². The highest BCUT2D eigenvalue weighted by atomic mass is 32.2. The molecule has 0 aliphatic rings. The second kappa shape index (κ2) is 9.32. The minimum Gasteiger partial charge on any atom is -0.378 e. The summed E-state index contributed by atoms with van der Waals surface area (Å²) in [5.74, 6) is 0.828. The van der Waals surface area contributed by atoms with Crippen molar-refractivity contribution in [3.63, 3.8) is 0 Å². The molecule has 0 bridgehead atoms. The van der Waals surface area contributed by atoms with Crippen molar-refractivity contribution >= 4 is 50.0 Å². The summed E-state index contributed by atoms with van der Waals surface area (Å²) in [7, 11) is 4.00. The zero-order valence-corrected chi connectivity index (χ0v) is 18.9. The average Bonchev–Trinajstić information content (AvgIpc) is 3.36. The predicted molar refractivity (Wildman–Crippen MR) is 129 cm³/mol. The van der Waals surface area contributed by atoms with Crippen LogP contribution in [0.3, 0.4) is 0 Å². The molecule has 0 fully saturated rings. The van der Waals surface area contributed by atoms with Crippen molar-refractivity contribution in [1.29, 1.82) is 0 Å². The van der Waals surface area contributed by atoms with E-state index in [1.165, 1.54) is 23.1 Å². The number of allylic oxidation sites excluding steroid dienone is 1. The Labute approximate surface area is 188 Å². The van der Waals surface area contributed by atoms with Crippen LogP contribution in [-0.4, -0.2) is 45.5 Å². The molecule has 2 heterocycles. The number of amides is 1. The molecule has 31 heavy (non-hydrogen) atoms. The number of para-hydroxylation sites is 1. The predicted octanol–water partition coefficient (Wildman–Crippen LogP) is 4.54. The van der Waals surface area contributed by atoms with Gasteiger partial charge in [-0.3, -0.25) is 9.36 Å². The number of carbonyl (C=O) groups excluding carboxylic acids is 1. The SMILES string of the molecule is C=CCn1c(SCC(=O)Nc2nc3ccccc3s2)nnc1-c1cccc(N(C)C)c1. The molecule has 2 aromatic carbocycles. The molecule has 4 aromatic rings. The van der Waals surface area contributed by atoms with Crippen LogP contribution in [-0.2, 0) is 11.3 Å². The molecule has 0 atom stereocenters. The lowest BCUT2D eigenvalue weighted by Crippen LogP contribution is -2.14. The molecule has 7 nitrogen and oxygen atoms in total. The number of rotatable bonds is 8. The van der Waals surface area contributed by atoms with Crippen molar-refractivity contribution in [1.82, 2.24) is 19.7 Å². The summed E-state index contributed by atoms with van der Waals surface area (Å²) in [6.45, 7) is 4.40. The number of thioether (sulfide) groups is 1.